The topological polar surface area (TPSA) is 69.8 Å². The number of hydrogen-bond donors (Lipinski definition) is 3. The van der Waals surface area contributed by atoms with E-state index in [0.29, 0.717) is 12.3 Å². The summed E-state index contributed by atoms with van der Waals surface area (Å²) >= 11 is 0. The van der Waals surface area contributed by atoms with Crippen molar-refractivity contribution in [3.8, 4) is 0 Å². The van der Waals surface area contributed by atoms with Crippen molar-refractivity contribution in [3.05, 3.63) is 24.2 Å². The monoisotopic (exact) mass is 449 g/mol. The van der Waals surface area contributed by atoms with Crippen molar-refractivity contribution in [2.24, 2.45) is 10.9 Å². The van der Waals surface area contributed by atoms with Gasteiger partial charge in [0.25, 0.3) is 0 Å². The van der Waals surface area contributed by atoms with Crippen LogP contribution in [0.4, 0.5) is 0 Å². The molecule has 1 aromatic rings. The summed E-state index contributed by atoms with van der Waals surface area (Å²) in [5.41, 5.74) is 0. The highest BCUT2D eigenvalue weighted by Gasteiger charge is 2.13. The molecule has 1 fully saturated rings. The molecule has 1 atom stereocenters. The Morgan fingerprint density at radius 2 is 2.12 bits per heavy atom. The van der Waals surface area contributed by atoms with E-state index in [1.165, 1.54) is 44.9 Å². The first kappa shape index (κ1) is 21.3. The minimum Gasteiger partial charge on any atom is -0.467 e. The van der Waals surface area contributed by atoms with Crippen LogP contribution in [0.3, 0.4) is 0 Å². The lowest BCUT2D eigenvalue weighted by molar-refractivity contribution is 0.158. The number of halogens is 1. The Labute approximate surface area is 162 Å². The Morgan fingerprint density at radius 1 is 1.33 bits per heavy atom. The fraction of sp³-hybridized carbons (Fsp3) is 0.722. The van der Waals surface area contributed by atoms with Gasteiger partial charge in [-0.3, -0.25) is 4.99 Å². The van der Waals surface area contributed by atoms with Crippen molar-refractivity contribution < 1.29 is 9.52 Å². The highest BCUT2D eigenvalue weighted by molar-refractivity contribution is 14.0. The number of rotatable bonds is 8. The zero-order valence-corrected chi connectivity index (χ0v) is 17.0. The molecule has 1 heterocycles. The minimum atomic E-state index is -0.692. The Balaban J connectivity index is 0.00000288. The highest BCUT2D eigenvalue weighted by atomic mass is 127. The summed E-state index contributed by atoms with van der Waals surface area (Å²) in [5.74, 6) is 2.24. The van der Waals surface area contributed by atoms with Crippen molar-refractivity contribution in [2.75, 3.05) is 19.6 Å². The third-order valence-corrected chi connectivity index (χ3v) is 4.44. The zero-order valence-electron chi connectivity index (χ0n) is 14.7. The lowest BCUT2D eigenvalue weighted by Gasteiger charge is -2.21. The van der Waals surface area contributed by atoms with Crippen molar-refractivity contribution >= 4 is 29.9 Å². The van der Waals surface area contributed by atoms with Crippen molar-refractivity contribution in [2.45, 2.75) is 58.0 Å². The van der Waals surface area contributed by atoms with Crippen LogP contribution in [-0.4, -0.2) is 30.7 Å². The Bertz CT molecular complexity index is 445. The van der Waals surface area contributed by atoms with Gasteiger partial charge in [-0.15, -0.1) is 24.0 Å². The van der Waals surface area contributed by atoms with Gasteiger partial charge >= 0.3 is 0 Å². The molecule has 1 aliphatic carbocycles. The molecule has 0 saturated heterocycles. The summed E-state index contributed by atoms with van der Waals surface area (Å²) in [7, 11) is 0. The molecular weight excluding hydrogens is 417 g/mol. The summed E-state index contributed by atoms with van der Waals surface area (Å²) in [4.78, 5) is 4.44. The van der Waals surface area contributed by atoms with Crippen LogP contribution in [0.2, 0.25) is 0 Å². The Kier molecular flexibility index (Phi) is 11.2. The summed E-state index contributed by atoms with van der Waals surface area (Å²) in [6.45, 7) is 4.08. The minimum absolute atomic E-state index is 0. The van der Waals surface area contributed by atoms with E-state index in [9.17, 15) is 5.11 Å². The van der Waals surface area contributed by atoms with E-state index in [2.05, 4.69) is 15.6 Å². The van der Waals surface area contributed by atoms with Gasteiger partial charge < -0.3 is 20.2 Å². The number of furan rings is 1. The van der Waals surface area contributed by atoms with Gasteiger partial charge in [-0.1, -0.05) is 32.1 Å². The lowest BCUT2D eigenvalue weighted by atomic mass is 9.86. The maximum atomic E-state index is 10.0. The second-order valence-corrected chi connectivity index (χ2v) is 6.32. The van der Waals surface area contributed by atoms with Crippen LogP contribution >= 0.6 is 24.0 Å². The van der Waals surface area contributed by atoms with Gasteiger partial charge in [0.05, 0.1) is 12.8 Å². The molecular formula is C18H32IN3O2. The fourth-order valence-corrected chi connectivity index (χ4v) is 3.16. The standard InChI is InChI=1S/C18H31N3O2.HI/c1-2-19-18(21-14-16(22)17-11-7-13-23-17)20-12-6-10-15-8-4-3-5-9-15;/h7,11,13,15-16,22H,2-6,8-10,12,14H2,1H3,(H2,19,20,21);1H. The van der Waals surface area contributed by atoms with E-state index < -0.39 is 6.10 Å². The smallest absolute Gasteiger partial charge is 0.191 e. The number of nitrogens with one attached hydrogen (secondary N) is 2. The first-order valence-electron chi connectivity index (χ1n) is 9.03. The lowest BCUT2D eigenvalue weighted by Crippen LogP contribution is -2.38. The summed E-state index contributed by atoms with van der Waals surface area (Å²) in [6.07, 6.45) is 10.4. The molecule has 1 aromatic heterocycles. The van der Waals surface area contributed by atoms with Gasteiger partial charge in [0.1, 0.15) is 11.9 Å². The predicted octanol–water partition coefficient (Wildman–Crippen LogP) is 3.85. The Morgan fingerprint density at radius 3 is 2.79 bits per heavy atom. The van der Waals surface area contributed by atoms with E-state index in [1.807, 2.05) is 6.92 Å². The molecule has 24 heavy (non-hydrogen) atoms. The van der Waals surface area contributed by atoms with E-state index in [0.717, 1.165) is 25.0 Å². The molecule has 3 N–H and O–H groups in total. The maximum absolute atomic E-state index is 10.0. The third-order valence-electron chi connectivity index (χ3n) is 4.44. The molecule has 0 aliphatic heterocycles. The van der Waals surface area contributed by atoms with Crippen LogP contribution in [0.5, 0.6) is 0 Å². The summed E-state index contributed by atoms with van der Waals surface area (Å²) < 4.78 is 5.19. The molecule has 0 bridgehead atoms. The molecule has 0 aromatic carbocycles. The van der Waals surface area contributed by atoms with Crippen LogP contribution in [0.15, 0.2) is 27.8 Å². The number of aliphatic hydroxyl groups is 1. The van der Waals surface area contributed by atoms with Crippen molar-refractivity contribution in [1.29, 1.82) is 0 Å². The van der Waals surface area contributed by atoms with Gasteiger partial charge in [0.2, 0.25) is 0 Å². The number of aliphatic hydroxyl groups excluding tert-OH is 1. The van der Waals surface area contributed by atoms with E-state index >= 15 is 0 Å². The number of aliphatic imine (C=N–C) groups is 1. The van der Waals surface area contributed by atoms with E-state index in [-0.39, 0.29) is 24.0 Å². The first-order valence-corrected chi connectivity index (χ1v) is 9.03. The van der Waals surface area contributed by atoms with Gasteiger partial charge in [0.15, 0.2) is 5.96 Å². The van der Waals surface area contributed by atoms with Crippen molar-refractivity contribution in [3.63, 3.8) is 0 Å². The first-order chi connectivity index (χ1) is 11.3. The van der Waals surface area contributed by atoms with Crippen LogP contribution in [0.25, 0.3) is 0 Å². The molecule has 1 unspecified atom stereocenters. The van der Waals surface area contributed by atoms with Crippen molar-refractivity contribution in [1.82, 2.24) is 10.6 Å². The summed E-state index contributed by atoms with van der Waals surface area (Å²) in [6, 6.07) is 3.54. The number of hydrogen-bond acceptors (Lipinski definition) is 3. The normalized spacial score (nSPS) is 17.2. The van der Waals surface area contributed by atoms with Gasteiger partial charge in [-0.05, 0) is 37.8 Å². The van der Waals surface area contributed by atoms with E-state index in [4.69, 9.17) is 4.42 Å². The largest absolute Gasteiger partial charge is 0.467 e. The van der Waals surface area contributed by atoms with Crippen LogP contribution in [0.1, 0.15) is 63.7 Å². The molecule has 2 rings (SSSR count). The quantitative estimate of drug-likeness (QED) is 0.244. The average Bonchev–Trinajstić information content (AvgIpc) is 3.11. The molecule has 6 heteroatoms. The zero-order chi connectivity index (χ0) is 16.3. The van der Waals surface area contributed by atoms with Crippen LogP contribution in [-0.2, 0) is 0 Å². The maximum Gasteiger partial charge on any atom is 0.191 e. The molecule has 138 valence electrons. The van der Waals surface area contributed by atoms with Gasteiger partial charge in [0, 0.05) is 13.1 Å². The SMILES string of the molecule is CCNC(=NCC(O)c1ccco1)NCCCC1CCCCC1.I. The Hall–Kier alpha value is -0.760. The van der Waals surface area contributed by atoms with Gasteiger partial charge in [-0.25, -0.2) is 0 Å². The van der Waals surface area contributed by atoms with E-state index in [1.54, 1.807) is 18.4 Å². The molecule has 0 radical (unpaired) electrons. The molecule has 5 nitrogen and oxygen atoms in total. The fourth-order valence-electron chi connectivity index (χ4n) is 3.16. The second kappa shape index (κ2) is 12.6. The predicted molar refractivity (Wildman–Crippen MR) is 109 cm³/mol. The number of nitrogens with zero attached hydrogens (tertiary/aromatic N) is 1. The molecule has 1 saturated carbocycles. The molecule has 0 spiro atoms. The average molecular weight is 449 g/mol. The summed E-state index contributed by atoms with van der Waals surface area (Å²) in [5, 5.41) is 16.6. The molecule has 0 amide bonds. The third kappa shape index (κ3) is 7.88. The second-order valence-electron chi connectivity index (χ2n) is 6.32. The molecule has 1 aliphatic rings. The highest BCUT2D eigenvalue weighted by Crippen LogP contribution is 2.26. The van der Waals surface area contributed by atoms with Crippen LogP contribution in [0, 0.1) is 5.92 Å². The number of guanidine groups is 1. The van der Waals surface area contributed by atoms with Gasteiger partial charge in [-0.2, -0.15) is 0 Å². The van der Waals surface area contributed by atoms with Crippen LogP contribution < -0.4 is 10.6 Å².